The molecular weight excluding hydrogens is 271 g/mol. The smallest absolute Gasteiger partial charge is 0.255 e. The van der Waals surface area contributed by atoms with Crippen molar-refractivity contribution in [3.63, 3.8) is 0 Å². The van der Waals surface area contributed by atoms with Gasteiger partial charge in [0.1, 0.15) is 5.15 Å². The zero-order chi connectivity index (χ0) is 13.1. The number of benzene rings is 1. The molecule has 0 fully saturated rings. The SMILES string of the molecule is Cc1cc(C(=O)Nc2ccccc2Cl)cc(Cl)n1. The van der Waals surface area contributed by atoms with Crippen LogP contribution in [0.2, 0.25) is 10.2 Å². The summed E-state index contributed by atoms with van der Waals surface area (Å²) in [4.78, 5) is 16.0. The predicted octanol–water partition coefficient (Wildman–Crippen LogP) is 3.95. The van der Waals surface area contributed by atoms with Crippen molar-refractivity contribution in [1.82, 2.24) is 4.98 Å². The number of carbonyl (C=O) groups excluding carboxylic acids is 1. The summed E-state index contributed by atoms with van der Waals surface area (Å²) in [5, 5.41) is 3.50. The van der Waals surface area contributed by atoms with E-state index in [2.05, 4.69) is 10.3 Å². The number of hydrogen-bond donors (Lipinski definition) is 1. The van der Waals surface area contributed by atoms with Crippen LogP contribution in [0.15, 0.2) is 36.4 Å². The number of hydrogen-bond acceptors (Lipinski definition) is 2. The van der Waals surface area contributed by atoms with Crippen LogP contribution in [0.4, 0.5) is 5.69 Å². The Labute approximate surface area is 115 Å². The molecule has 0 radical (unpaired) electrons. The lowest BCUT2D eigenvalue weighted by atomic mass is 10.2. The Morgan fingerprint density at radius 2 is 1.94 bits per heavy atom. The van der Waals surface area contributed by atoms with Crippen LogP contribution in [0.25, 0.3) is 0 Å². The lowest BCUT2D eigenvalue weighted by Gasteiger charge is -2.07. The van der Waals surface area contributed by atoms with Crippen LogP contribution < -0.4 is 5.32 Å². The molecule has 0 atom stereocenters. The van der Waals surface area contributed by atoms with Gasteiger partial charge in [-0.15, -0.1) is 0 Å². The van der Waals surface area contributed by atoms with Crippen LogP contribution in [-0.4, -0.2) is 10.9 Å². The van der Waals surface area contributed by atoms with Crippen LogP contribution in [0.3, 0.4) is 0 Å². The summed E-state index contributed by atoms with van der Waals surface area (Å²) in [6.07, 6.45) is 0. The number of carbonyl (C=O) groups is 1. The zero-order valence-electron chi connectivity index (χ0n) is 9.58. The number of amides is 1. The Kier molecular flexibility index (Phi) is 3.84. The maximum Gasteiger partial charge on any atom is 0.255 e. The molecule has 0 bridgehead atoms. The Bertz CT molecular complexity index is 579. The van der Waals surface area contributed by atoms with Crippen molar-refractivity contribution in [3.8, 4) is 0 Å². The van der Waals surface area contributed by atoms with E-state index in [0.29, 0.717) is 27.1 Å². The molecule has 3 nitrogen and oxygen atoms in total. The van der Waals surface area contributed by atoms with E-state index in [1.807, 2.05) is 0 Å². The summed E-state index contributed by atoms with van der Waals surface area (Å²) in [5.41, 5.74) is 1.70. The first-order chi connectivity index (χ1) is 8.56. The van der Waals surface area contributed by atoms with Crippen molar-refractivity contribution >= 4 is 34.8 Å². The normalized spacial score (nSPS) is 10.2. The van der Waals surface area contributed by atoms with E-state index < -0.39 is 0 Å². The van der Waals surface area contributed by atoms with Gasteiger partial charge >= 0.3 is 0 Å². The van der Waals surface area contributed by atoms with Crippen LogP contribution >= 0.6 is 23.2 Å². The third-order valence-electron chi connectivity index (χ3n) is 2.31. The first kappa shape index (κ1) is 12.9. The Morgan fingerprint density at radius 1 is 1.22 bits per heavy atom. The molecule has 0 spiro atoms. The molecule has 2 aromatic rings. The van der Waals surface area contributed by atoms with Gasteiger partial charge in [0, 0.05) is 11.3 Å². The first-order valence-corrected chi connectivity index (χ1v) is 6.02. The molecule has 92 valence electrons. The summed E-state index contributed by atoms with van der Waals surface area (Å²) >= 11 is 11.8. The van der Waals surface area contributed by atoms with Gasteiger partial charge in [-0.2, -0.15) is 0 Å². The number of para-hydroxylation sites is 1. The number of nitrogens with zero attached hydrogens (tertiary/aromatic N) is 1. The standard InChI is InChI=1S/C13H10Cl2N2O/c1-8-6-9(7-12(15)16-8)13(18)17-11-5-3-2-4-10(11)14/h2-7H,1H3,(H,17,18). The maximum atomic E-state index is 12.0. The number of nitrogens with one attached hydrogen (secondary N) is 1. The van der Waals surface area contributed by atoms with Crippen LogP contribution in [0, 0.1) is 6.92 Å². The lowest BCUT2D eigenvalue weighted by Crippen LogP contribution is -2.12. The molecule has 1 aromatic carbocycles. The van der Waals surface area contributed by atoms with Gasteiger partial charge in [-0.1, -0.05) is 35.3 Å². The summed E-state index contributed by atoms with van der Waals surface area (Å²) in [7, 11) is 0. The third-order valence-corrected chi connectivity index (χ3v) is 2.83. The largest absolute Gasteiger partial charge is 0.321 e. The van der Waals surface area contributed by atoms with Crippen LogP contribution in [-0.2, 0) is 0 Å². The molecule has 5 heteroatoms. The Hall–Kier alpha value is -1.58. The predicted molar refractivity (Wildman–Crippen MR) is 73.4 cm³/mol. The Balaban J connectivity index is 2.25. The number of aromatic nitrogens is 1. The summed E-state index contributed by atoms with van der Waals surface area (Å²) in [6, 6.07) is 10.2. The highest BCUT2D eigenvalue weighted by atomic mass is 35.5. The van der Waals surface area contributed by atoms with E-state index in [0.717, 1.165) is 0 Å². The first-order valence-electron chi connectivity index (χ1n) is 5.26. The van der Waals surface area contributed by atoms with Crippen molar-refractivity contribution in [2.75, 3.05) is 5.32 Å². The highest BCUT2D eigenvalue weighted by Gasteiger charge is 2.09. The quantitative estimate of drug-likeness (QED) is 0.847. The molecule has 1 N–H and O–H groups in total. The van der Waals surface area contributed by atoms with E-state index >= 15 is 0 Å². The van der Waals surface area contributed by atoms with E-state index in [1.165, 1.54) is 6.07 Å². The second kappa shape index (κ2) is 5.38. The number of halogens is 2. The Morgan fingerprint density at radius 3 is 2.61 bits per heavy atom. The molecule has 0 unspecified atom stereocenters. The number of aryl methyl sites for hydroxylation is 1. The van der Waals surface area contributed by atoms with Gasteiger partial charge in [0.05, 0.1) is 10.7 Å². The van der Waals surface area contributed by atoms with Gasteiger partial charge in [-0.05, 0) is 31.2 Å². The van der Waals surface area contributed by atoms with E-state index in [9.17, 15) is 4.79 Å². The molecule has 1 aromatic heterocycles. The highest BCUT2D eigenvalue weighted by molar-refractivity contribution is 6.34. The molecule has 1 amide bonds. The molecule has 2 rings (SSSR count). The minimum absolute atomic E-state index is 0.268. The van der Waals surface area contributed by atoms with Gasteiger partial charge in [-0.25, -0.2) is 4.98 Å². The maximum absolute atomic E-state index is 12.0. The summed E-state index contributed by atoms with van der Waals surface area (Å²) in [6.45, 7) is 1.78. The average Bonchev–Trinajstić information content (AvgIpc) is 2.31. The monoisotopic (exact) mass is 280 g/mol. The minimum atomic E-state index is -0.268. The second-order valence-electron chi connectivity index (χ2n) is 3.75. The fourth-order valence-electron chi connectivity index (χ4n) is 1.52. The van der Waals surface area contributed by atoms with Gasteiger partial charge in [0.25, 0.3) is 5.91 Å². The fraction of sp³-hybridized carbons (Fsp3) is 0.0769. The molecular formula is C13H10Cl2N2O. The molecule has 18 heavy (non-hydrogen) atoms. The second-order valence-corrected chi connectivity index (χ2v) is 4.55. The number of anilines is 1. The van der Waals surface area contributed by atoms with E-state index in [-0.39, 0.29) is 5.91 Å². The number of pyridine rings is 1. The highest BCUT2D eigenvalue weighted by Crippen LogP contribution is 2.21. The van der Waals surface area contributed by atoms with Crippen LogP contribution in [0.5, 0.6) is 0 Å². The molecule has 0 saturated carbocycles. The molecule has 0 aliphatic rings. The minimum Gasteiger partial charge on any atom is -0.321 e. The third kappa shape index (κ3) is 3.00. The zero-order valence-corrected chi connectivity index (χ0v) is 11.1. The molecule has 0 aliphatic carbocycles. The van der Waals surface area contributed by atoms with Crippen molar-refractivity contribution in [2.45, 2.75) is 6.92 Å². The van der Waals surface area contributed by atoms with Gasteiger partial charge in [0.15, 0.2) is 0 Å². The van der Waals surface area contributed by atoms with Crippen molar-refractivity contribution < 1.29 is 4.79 Å². The van der Waals surface area contributed by atoms with Crippen molar-refractivity contribution in [2.24, 2.45) is 0 Å². The summed E-state index contributed by atoms with van der Waals surface area (Å²) in [5.74, 6) is -0.268. The van der Waals surface area contributed by atoms with Gasteiger partial charge in [-0.3, -0.25) is 4.79 Å². The molecule has 1 heterocycles. The average molecular weight is 281 g/mol. The van der Waals surface area contributed by atoms with Crippen molar-refractivity contribution in [1.29, 1.82) is 0 Å². The van der Waals surface area contributed by atoms with Gasteiger partial charge < -0.3 is 5.32 Å². The molecule has 0 saturated heterocycles. The van der Waals surface area contributed by atoms with E-state index in [1.54, 1.807) is 37.3 Å². The molecule has 0 aliphatic heterocycles. The van der Waals surface area contributed by atoms with Crippen LogP contribution in [0.1, 0.15) is 16.1 Å². The van der Waals surface area contributed by atoms with Gasteiger partial charge in [0.2, 0.25) is 0 Å². The van der Waals surface area contributed by atoms with Crippen molar-refractivity contribution in [3.05, 3.63) is 57.8 Å². The van der Waals surface area contributed by atoms with E-state index in [4.69, 9.17) is 23.2 Å². The summed E-state index contributed by atoms with van der Waals surface area (Å²) < 4.78 is 0. The lowest BCUT2D eigenvalue weighted by molar-refractivity contribution is 0.102. The fourth-order valence-corrected chi connectivity index (χ4v) is 1.95. The number of rotatable bonds is 2. The topological polar surface area (TPSA) is 42.0 Å².